The van der Waals surface area contributed by atoms with Gasteiger partial charge in [0.1, 0.15) is 5.56 Å². The Kier molecular flexibility index (Phi) is 5.19. The highest BCUT2D eigenvalue weighted by atomic mass is 19.2. The summed E-state index contributed by atoms with van der Waals surface area (Å²) in [5.74, 6) is -6.72. The van der Waals surface area contributed by atoms with Crippen LogP contribution in [-0.2, 0) is 4.74 Å². The van der Waals surface area contributed by atoms with Crippen LogP contribution in [0.4, 0.5) is 22.0 Å². The highest BCUT2D eigenvalue weighted by Crippen LogP contribution is 2.22. The monoisotopic (exact) mass is 340 g/mol. The molecule has 0 atom stereocenters. The van der Waals surface area contributed by atoms with E-state index in [0.717, 1.165) is 0 Å². The van der Waals surface area contributed by atoms with Crippen molar-refractivity contribution in [3.8, 4) is 11.8 Å². The molecule has 0 saturated carbocycles. The van der Waals surface area contributed by atoms with E-state index in [0.29, 0.717) is 0 Å². The number of carbonyl (C=O) groups excluding carboxylic acids is 1. The van der Waals surface area contributed by atoms with Crippen LogP contribution in [0.15, 0.2) is 24.3 Å². The molecule has 0 spiro atoms. The minimum absolute atomic E-state index is 0.195. The number of esters is 1. The van der Waals surface area contributed by atoms with Crippen LogP contribution in [-0.4, -0.2) is 12.6 Å². The van der Waals surface area contributed by atoms with E-state index in [2.05, 4.69) is 5.92 Å². The van der Waals surface area contributed by atoms with Gasteiger partial charge in [-0.25, -0.2) is 26.7 Å². The predicted molar refractivity (Wildman–Crippen MR) is 74.6 cm³/mol. The van der Waals surface area contributed by atoms with Gasteiger partial charge in [0, 0.05) is 5.56 Å². The number of benzene rings is 2. The van der Waals surface area contributed by atoms with E-state index in [1.54, 1.807) is 6.92 Å². The Morgan fingerprint density at radius 2 is 1.38 bits per heavy atom. The molecule has 2 aromatic rings. The first-order valence-corrected chi connectivity index (χ1v) is 6.67. The molecule has 0 bridgehead atoms. The fourth-order valence-corrected chi connectivity index (χ4v) is 1.75. The maximum Gasteiger partial charge on any atom is 0.338 e. The van der Waals surface area contributed by atoms with Crippen LogP contribution in [0.5, 0.6) is 0 Å². The second-order valence-electron chi connectivity index (χ2n) is 4.49. The molecule has 0 amide bonds. The van der Waals surface area contributed by atoms with Crippen molar-refractivity contribution in [3.63, 3.8) is 0 Å². The topological polar surface area (TPSA) is 26.3 Å². The number of rotatable bonds is 2. The van der Waals surface area contributed by atoms with Gasteiger partial charge in [0.15, 0.2) is 23.3 Å². The summed E-state index contributed by atoms with van der Waals surface area (Å²) in [6, 6.07) is 5.43. The highest BCUT2D eigenvalue weighted by molar-refractivity contribution is 5.89. The second kappa shape index (κ2) is 7.13. The van der Waals surface area contributed by atoms with Crippen molar-refractivity contribution < 1.29 is 31.5 Å². The molecule has 0 aliphatic carbocycles. The summed E-state index contributed by atoms with van der Waals surface area (Å²) in [7, 11) is 0. The molecule has 7 heteroatoms. The predicted octanol–water partition coefficient (Wildman–Crippen LogP) is 3.96. The van der Waals surface area contributed by atoms with Crippen molar-refractivity contribution in [2.75, 3.05) is 6.61 Å². The molecule has 2 nitrogen and oxygen atoms in total. The van der Waals surface area contributed by atoms with E-state index in [1.165, 1.54) is 24.3 Å². The van der Waals surface area contributed by atoms with Crippen molar-refractivity contribution in [2.45, 2.75) is 6.92 Å². The SMILES string of the molecule is CCOC(=O)c1ccc(C#Cc2c(F)c(F)c(F)c(F)c2F)cc1. The van der Waals surface area contributed by atoms with Gasteiger partial charge in [0.05, 0.1) is 12.2 Å². The fraction of sp³-hybridized carbons (Fsp3) is 0.118. The third kappa shape index (κ3) is 3.38. The third-order valence-electron chi connectivity index (χ3n) is 2.94. The average Bonchev–Trinajstić information content (AvgIpc) is 2.59. The molecule has 2 aromatic carbocycles. The first kappa shape index (κ1) is 17.5. The summed E-state index contributed by atoms with van der Waals surface area (Å²) in [6.45, 7) is 1.84. The number of halogens is 5. The van der Waals surface area contributed by atoms with Crippen molar-refractivity contribution in [1.82, 2.24) is 0 Å². The average molecular weight is 340 g/mol. The summed E-state index contributed by atoms with van der Waals surface area (Å²) < 4.78 is 70.8. The summed E-state index contributed by atoms with van der Waals surface area (Å²) in [5, 5.41) is 0. The Balaban J connectivity index is 2.36. The lowest BCUT2D eigenvalue weighted by atomic mass is 10.1. The van der Waals surface area contributed by atoms with E-state index in [1.807, 2.05) is 5.92 Å². The molecule has 0 aliphatic heterocycles. The molecule has 124 valence electrons. The standard InChI is InChI=1S/C17H9F5O2/c1-2-24-17(23)10-6-3-9(4-7-10)5-8-11-12(18)14(20)16(22)15(21)13(11)19/h3-4,6-7H,2H2,1H3. The lowest BCUT2D eigenvalue weighted by Gasteiger charge is -2.02. The number of hydrogen-bond acceptors (Lipinski definition) is 2. The molecule has 24 heavy (non-hydrogen) atoms. The zero-order valence-corrected chi connectivity index (χ0v) is 12.2. The van der Waals surface area contributed by atoms with Gasteiger partial charge >= 0.3 is 5.97 Å². The zero-order chi connectivity index (χ0) is 17.9. The first-order valence-electron chi connectivity index (χ1n) is 6.67. The van der Waals surface area contributed by atoms with Gasteiger partial charge in [-0.05, 0) is 31.2 Å². The molecule has 0 radical (unpaired) electrons. The Hall–Kier alpha value is -2.88. The zero-order valence-electron chi connectivity index (χ0n) is 12.2. The summed E-state index contributed by atoms with van der Waals surface area (Å²) in [5.41, 5.74) is -0.772. The largest absolute Gasteiger partial charge is 0.462 e. The normalized spacial score (nSPS) is 10.1. The summed E-state index contributed by atoms with van der Waals surface area (Å²) >= 11 is 0. The van der Waals surface area contributed by atoms with Crippen LogP contribution in [0.1, 0.15) is 28.4 Å². The maximum atomic E-state index is 13.5. The van der Waals surface area contributed by atoms with Crippen LogP contribution >= 0.6 is 0 Å². The fourth-order valence-electron chi connectivity index (χ4n) is 1.75. The van der Waals surface area contributed by atoms with E-state index >= 15 is 0 Å². The maximum absolute atomic E-state index is 13.5. The van der Waals surface area contributed by atoms with Gasteiger partial charge < -0.3 is 4.74 Å². The van der Waals surface area contributed by atoms with E-state index in [-0.39, 0.29) is 17.7 Å². The molecule has 0 N–H and O–H groups in total. The molecule has 0 heterocycles. The molecule has 0 saturated heterocycles. The lowest BCUT2D eigenvalue weighted by molar-refractivity contribution is 0.0526. The van der Waals surface area contributed by atoms with Gasteiger partial charge in [-0.2, -0.15) is 0 Å². The summed E-state index contributed by atoms with van der Waals surface area (Å²) in [6.07, 6.45) is 0. The molecule has 0 aliphatic rings. The Morgan fingerprint density at radius 1 is 0.875 bits per heavy atom. The van der Waals surface area contributed by atoms with Gasteiger partial charge in [-0.15, -0.1) is 0 Å². The molecular weight excluding hydrogens is 331 g/mol. The molecule has 0 unspecified atom stereocenters. The van der Waals surface area contributed by atoms with Crippen molar-refractivity contribution in [1.29, 1.82) is 0 Å². The lowest BCUT2D eigenvalue weighted by Crippen LogP contribution is -2.04. The number of ether oxygens (including phenoxy) is 1. The quantitative estimate of drug-likeness (QED) is 0.272. The van der Waals surface area contributed by atoms with Gasteiger partial charge in [0.25, 0.3) is 0 Å². The summed E-state index contributed by atoms with van der Waals surface area (Å²) in [4.78, 5) is 11.5. The van der Waals surface area contributed by atoms with E-state index in [9.17, 15) is 26.7 Å². The minimum Gasteiger partial charge on any atom is -0.462 e. The molecule has 2 rings (SSSR count). The van der Waals surface area contributed by atoms with Crippen LogP contribution < -0.4 is 0 Å². The highest BCUT2D eigenvalue weighted by Gasteiger charge is 2.24. The molecule has 0 fully saturated rings. The van der Waals surface area contributed by atoms with E-state index in [4.69, 9.17) is 4.74 Å². The van der Waals surface area contributed by atoms with Crippen LogP contribution in [0.25, 0.3) is 0 Å². The Morgan fingerprint density at radius 3 is 1.88 bits per heavy atom. The van der Waals surface area contributed by atoms with Gasteiger partial charge in [-0.1, -0.05) is 11.8 Å². The van der Waals surface area contributed by atoms with Gasteiger partial charge in [0.2, 0.25) is 5.82 Å². The number of hydrogen-bond donors (Lipinski definition) is 0. The van der Waals surface area contributed by atoms with Crippen LogP contribution in [0.3, 0.4) is 0 Å². The first-order chi connectivity index (χ1) is 11.4. The Labute approximate surface area is 133 Å². The smallest absolute Gasteiger partial charge is 0.338 e. The van der Waals surface area contributed by atoms with Crippen molar-refractivity contribution in [3.05, 3.63) is 70.0 Å². The third-order valence-corrected chi connectivity index (χ3v) is 2.94. The van der Waals surface area contributed by atoms with Crippen LogP contribution in [0, 0.1) is 40.9 Å². The Bertz CT molecular complexity index is 819. The molecular formula is C17H9F5O2. The van der Waals surface area contributed by atoms with E-state index < -0.39 is 40.6 Å². The van der Waals surface area contributed by atoms with Crippen molar-refractivity contribution in [2.24, 2.45) is 0 Å². The second-order valence-corrected chi connectivity index (χ2v) is 4.49. The van der Waals surface area contributed by atoms with Gasteiger partial charge in [-0.3, -0.25) is 0 Å². The minimum atomic E-state index is -2.24. The van der Waals surface area contributed by atoms with Crippen molar-refractivity contribution >= 4 is 5.97 Å². The number of carbonyl (C=O) groups is 1. The molecule has 0 aromatic heterocycles. The van der Waals surface area contributed by atoms with Crippen LogP contribution in [0.2, 0.25) is 0 Å².